The van der Waals surface area contributed by atoms with Crippen molar-refractivity contribution >= 4 is 44.8 Å². The second-order valence-corrected chi connectivity index (χ2v) is 5.06. The minimum Gasteiger partial charge on any atom is -0.477 e. The molecule has 2 rings (SSSR count). The second kappa shape index (κ2) is 5.28. The van der Waals surface area contributed by atoms with Gasteiger partial charge in [0.1, 0.15) is 10.6 Å². The molecule has 0 aliphatic carbocycles. The molecule has 1 amide bonds. The van der Waals surface area contributed by atoms with Crippen molar-refractivity contribution in [2.45, 2.75) is 0 Å². The molecule has 2 heterocycles. The molecule has 0 fully saturated rings. The molecular weight excluding hydrogens is 320 g/mol. The van der Waals surface area contributed by atoms with Gasteiger partial charge >= 0.3 is 5.97 Å². The van der Waals surface area contributed by atoms with Crippen LogP contribution in [-0.2, 0) is 0 Å². The summed E-state index contributed by atoms with van der Waals surface area (Å²) in [6, 6.07) is 4.61. The number of aromatic carboxylic acids is 1. The third-order valence-electron chi connectivity index (χ3n) is 2.06. The lowest BCUT2D eigenvalue weighted by Gasteiger charge is -2.04. The number of thiophene rings is 1. The van der Waals surface area contributed by atoms with Crippen molar-refractivity contribution in [3.63, 3.8) is 0 Å². The van der Waals surface area contributed by atoms with Crippen LogP contribution in [0.5, 0.6) is 0 Å². The molecule has 18 heavy (non-hydrogen) atoms. The molecule has 2 aromatic heterocycles. The van der Waals surface area contributed by atoms with Crippen molar-refractivity contribution in [1.82, 2.24) is 4.98 Å². The Labute approximate surface area is 115 Å². The lowest BCUT2D eigenvalue weighted by molar-refractivity contribution is 0.0690. The molecule has 5 nitrogen and oxygen atoms in total. The number of rotatable bonds is 3. The van der Waals surface area contributed by atoms with Gasteiger partial charge in [0, 0.05) is 16.4 Å². The highest BCUT2D eigenvalue weighted by Crippen LogP contribution is 2.23. The number of carbonyl (C=O) groups is 2. The van der Waals surface area contributed by atoms with Crippen LogP contribution < -0.4 is 5.32 Å². The number of nitrogens with zero attached hydrogens (tertiary/aromatic N) is 1. The monoisotopic (exact) mass is 326 g/mol. The Morgan fingerprint density at radius 1 is 1.39 bits per heavy atom. The van der Waals surface area contributed by atoms with Gasteiger partial charge in [-0.1, -0.05) is 0 Å². The van der Waals surface area contributed by atoms with E-state index in [0.29, 0.717) is 15.0 Å². The summed E-state index contributed by atoms with van der Waals surface area (Å²) in [5, 5.41) is 13.2. The lowest BCUT2D eigenvalue weighted by Crippen LogP contribution is -2.11. The number of hydrogen-bond acceptors (Lipinski definition) is 4. The number of hydrogen-bond donors (Lipinski definition) is 2. The third kappa shape index (κ3) is 2.74. The van der Waals surface area contributed by atoms with Gasteiger partial charge in [-0.3, -0.25) is 4.79 Å². The van der Waals surface area contributed by atoms with E-state index in [9.17, 15) is 9.59 Å². The van der Waals surface area contributed by atoms with Crippen LogP contribution in [0.25, 0.3) is 0 Å². The Morgan fingerprint density at radius 3 is 2.78 bits per heavy atom. The summed E-state index contributed by atoms with van der Waals surface area (Å²) in [5.41, 5.74) is 0.283. The van der Waals surface area contributed by atoms with Crippen molar-refractivity contribution in [1.29, 1.82) is 0 Å². The van der Waals surface area contributed by atoms with Crippen molar-refractivity contribution in [2.24, 2.45) is 0 Å². The molecular formula is C11H7BrN2O3S. The smallest absolute Gasteiger partial charge is 0.354 e. The summed E-state index contributed by atoms with van der Waals surface area (Å²) >= 11 is 4.56. The summed E-state index contributed by atoms with van der Waals surface area (Å²) in [6.07, 6.45) is 1.34. The van der Waals surface area contributed by atoms with E-state index in [1.54, 1.807) is 11.4 Å². The molecule has 0 aliphatic rings. The van der Waals surface area contributed by atoms with Crippen molar-refractivity contribution < 1.29 is 14.7 Å². The molecule has 0 saturated heterocycles. The minimum absolute atomic E-state index is 0.113. The lowest BCUT2D eigenvalue weighted by atomic mass is 10.3. The molecule has 0 aliphatic heterocycles. The second-order valence-electron chi connectivity index (χ2n) is 3.29. The average molecular weight is 327 g/mol. The highest BCUT2D eigenvalue weighted by atomic mass is 79.9. The standard InChI is InChI=1S/C11H7BrN2O3S/c12-7-2-4-18-9(7)10(15)14-6-1-3-13-8(5-6)11(16)17/h1-5H,(H,16,17)(H,13,14,15). The van der Waals surface area contributed by atoms with Gasteiger partial charge in [-0.15, -0.1) is 11.3 Å². The Kier molecular flexibility index (Phi) is 3.73. The highest BCUT2D eigenvalue weighted by Gasteiger charge is 2.12. The van der Waals surface area contributed by atoms with Gasteiger partial charge in [0.25, 0.3) is 5.91 Å². The fourth-order valence-electron chi connectivity index (χ4n) is 1.27. The van der Waals surface area contributed by atoms with Crippen LogP contribution in [0.4, 0.5) is 5.69 Å². The molecule has 0 aromatic carbocycles. The number of halogens is 1. The first-order valence-corrected chi connectivity index (χ1v) is 6.49. The minimum atomic E-state index is -1.14. The number of carboxylic acids is 1. The molecule has 0 spiro atoms. The largest absolute Gasteiger partial charge is 0.477 e. The van der Waals surface area contributed by atoms with E-state index < -0.39 is 5.97 Å². The van der Waals surface area contributed by atoms with Crippen molar-refractivity contribution in [3.8, 4) is 0 Å². The normalized spacial score (nSPS) is 10.1. The molecule has 0 radical (unpaired) electrons. The Bertz CT molecular complexity index is 612. The van der Waals surface area contributed by atoms with Gasteiger partial charge in [-0.05, 0) is 39.5 Å². The van der Waals surface area contributed by atoms with E-state index in [0.717, 1.165) is 0 Å². The zero-order valence-electron chi connectivity index (χ0n) is 8.88. The van der Waals surface area contributed by atoms with Crippen molar-refractivity contribution in [2.75, 3.05) is 5.32 Å². The molecule has 0 bridgehead atoms. The molecule has 0 unspecified atom stereocenters. The van der Waals surface area contributed by atoms with E-state index in [1.807, 2.05) is 0 Å². The first kappa shape index (κ1) is 12.7. The van der Waals surface area contributed by atoms with Gasteiger partial charge in [-0.2, -0.15) is 0 Å². The van der Waals surface area contributed by atoms with Gasteiger partial charge in [0.2, 0.25) is 0 Å². The number of carboxylic acid groups (broad SMARTS) is 1. The molecule has 0 saturated carbocycles. The quantitative estimate of drug-likeness (QED) is 0.908. The fraction of sp³-hybridized carbons (Fsp3) is 0. The average Bonchev–Trinajstić information content (AvgIpc) is 2.76. The molecule has 7 heteroatoms. The number of anilines is 1. The third-order valence-corrected chi connectivity index (χ3v) is 3.90. The summed E-state index contributed by atoms with van der Waals surface area (Å²) in [7, 11) is 0. The first-order valence-electron chi connectivity index (χ1n) is 4.81. The number of aromatic nitrogens is 1. The summed E-state index contributed by atoms with van der Waals surface area (Å²) < 4.78 is 0.706. The Hall–Kier alpha value is -1.73. The van der Waals surface area contributed by atoms with E-state index >= 15 is 0 Å². The maximum Gasteiger partial charge on any atom is 0.354 e. The predicted molar refractivity (Wildman–Crippen MR) is 71.2 cm³/mol. The Balaban J connectivity index is 2.20. The SMILES string of the molecule is O=C(O)c1cc(NC(=O)c2sccc2Br)ccn1. The maximum absolute atomic E-state index is 11.9. The number of nitrogens with one attached hydrogen (secondary N) is 1. The fourth-order valence-corrected chi connectivity index (χ4v) is 2.72. The van der Waals surface area contributed by atoms with E-state index in [-0.39, 0.29) is 11.6 Å². The zero-order chi connectivity index (χ0) is 13.1. The van der Waals surface area contributed by atoms with Crippen LogP contribution in [0, 0.1) is 0 Å². The van der Waals surface area contributed by atoms with E-state index in [4.69, 9.17) is 5.11 Å². The van der Waals surface area contributed by atoms with Crippen LogP contribution in [0.1, 0.15) is 20.2 Å². The van der Waals surface area contributed by atoms with Crippen LogP contribution >= 0.6 is 27.3 Å². The number of amides is 1. The van der Waals surface area contributed by atoms with Crippen LogP contribution in [0.2, 0.25) is 0 Å². The molecule has 92 valence electrons. The first-order chi connectivity index (χ1) is 8.58. The predicted octanol–water partition coefficient (Wildman–Crippen LogP) is 2.86. The summed E-state index contributed by atoms with van der Waals surface area (Å²) in [4.78, 5) is 26.8. The van der Waals surface area contributed by atoms with E-state index in [1.165, 1.54) is 29.7 Å². The highest BCUT2D eigenvalue weighted by molar-refractivity contribution is 9.10. The number of pyridine rings is 1. The van der Waals surface area contributed by atoms with Crippen LogP contribution in [0.15, 0.2) is 34.2 Å². The van der Waals surface area contributed by atoms with Crippen LogP contribution in [0.3, 0.4) is 0 Å². The van der Waals surface area contributed by atoms with Gasteiger partial charge in [-0.25, -0.2) is 9.78 Å². The summed E-state index contributed by atoms with van der Waals surface area (Å²) in [5.74, 6) is -1.43. The maximum atomic E-state index is 11.9. The molecule has 0 atom stereocenters. The van der Waals surface area contributed by atoms with Gasteiger partial charge < -0.3 is 10.4 Å². The summed E-state index contributed by atoms with van der Waals surface area (Å²) in [6.45, 7) is 0. The number of carbonyl (C=O) groups excluding carboxylic acids is 1. The molecule has 2 aromatic rings. The van der Waals surface area contributed by atoms with Gasteiger partial charge in [0.15, 0.2) is 0 Å². The zero-order valence-corrected chi connectivity index (χ0v) is 11.3. The van der Waals surface area contributed by atoms with Gasteiger partial charge in [0.05, 0.1) is 0 Å². The van der Waals surface area contributed by atoms with Crippen molar-refractivity contribution in [3.05, 3.63) is 44.8 Å². The van der Waals surface area contributed by atoms with E-state index in [2.05, 4.69) is 26.2 Å². The molecule has 2 N–H and O–H groups in total. The topological polar surface area (TPSA) is 79.3 Å². The van der Waals surface area contributed by atoms with Crippen LogP contribution in [-0.4, -0.2) is 22.0 Å². The Morgan fingerprint density at radius 2 is 2.17 bits per heavy atom.